The van der Waals surface area contributed by atoms with Gasteiger partial charge >= 0.3 is 0 Å². The second kappa shape index (κ2) is 3.19. The molecule has 1 aromatic rings. The molecule has 1 aromatic heterocycles. The minimum atomic E-state index is 0.663. The van der Waals surface area contributed by atoms with E-state index < -0.39 is 0 Å². The molecule has 0 bridgehead atoms. The van der Waals surface area contributed by atoms with E-state index in [-0.39, 0.29) is 0 Å². The van der Waals surface area contributed by atoms with Crippen molar-refractivity contribution in [3.8, 4) is 0 Å². The quantitative estimate of drug-likeness (QED) is 0.670. The van der Waals surface area contributed by atoms with Crippen LogP contribution in [0.3, 0.4) is 0 Å². The second-order valence-electron chi connectivity index (χ2n) is 2.92. The molecule has 1 aliphatic carbocycles. The fourth-order valence-electron chi connectivity index (χ4n) is 1.47. The summed E-state index contributed by atoms with van der Waals surface area (Å²) < 4.78 is 0.663. The number of rotatable bonds is 1. The van der Waals surface area contributed by atoms with Gasteiger partial charge in [0.05, 0.1) is 6.33 Å². The van der Waals surface area contributed by atoms with Gasteiger partial charge in [0.25, 0.3) is 0 Å². The summed E-state index contributed by atoms with van der Waals surface area (Å²) in [5.74, 6) is 0. The van der Waals surface area contributed by atoms with Gasteiger partial charge in [0.1, 0.15) is 4.64 Å². The van der Waals surface area contributed by atoms with Crippen LogP contribution >= 0.6 is 12.2 Å². The van der Waals surface area contributed by atoms with Crippen LogP contribution in [0, 0.1) is 4.64 Å². The van der Waals surface area contributed by atoms with E-state index in [2.05, 4.69) is 16.0 Å². The lowest BCUT2D eigenvalue weighted by molar-refractivity contribution is 0.931. The molecule has 0 unspecified atom stereocenters. The van der Waals surface area contributed by atoms with Gasteiger partial charge in [-0.25, -0.2) is 4.98 Å². The molecule has 1 N–H and O–H groups in total. The molecule has 0 radical (unpaired) electrons. The Morgan fingerprint density at radius 2 is 2.42 bits per heavy atom. The van der Waals surface area contributed by atoms with Crippen molar-refractivity contribution in [3.05, 3.63) is 28.8 Å². The highest BCUT2D eigenvalue weighted by Crippen LogP contribution is 2.25. The van der Waals surface area contributed by atoms with Crippen molar-refractivity contribution >= 4 is 17.8 Å². The molecule has 0 amide bonds. The minimum absolute atomic E-state index is 0.663. The Labute approximate surface area is 76.4 Å². The summed E-state index contributed by atoms with van der Waals surface area (Å²) in [6.45, 7) is 0. The van der Waals surface area contributed by atoms with Crippen LogP contribution in [0.4, 0.5) is 0 Å². The molecule has 1 heterocycles. The number of hydrogen-bond donors (Lipinski definition) is 1. The van der Waals surface area contributed by atoms with Gasteiger partial charge in [-0.1, -0.05) is 18.3 Å². The third-order valence-corrected chi connectivity index (χ3v) is 2.29. The zero-order valence-corrected chi connectivity index (χ0v) is 7.53. The highest BCUT2D eigenvalue weighted by Gasteiger charge is 2.06. The first kappa shape index (κ1) is 7.68. The van der Waals surface area contributed by atoms with Crippen LogP contribution in [-0.2, 0) is 0 Å². The number of H-pyrrole nitrogens is 1. The average Bonchev–Trinajstić information content (AvgIpc) is 2.56. The first-order chi connectivity index (χ1) is 5.86. The lowest BCUT2D eigenvalue weighted by Gasteiger charge is -1.99. The van der Waals surface area contributed by atoms with E-state index in [0.717, 1.165) is 12.1 Å². The zero-order valence-electron chi connectivity index (χ0n) is 6.71. The lowest BCUT2D eigenvalue weighted by Crippen LogP contribution is -1.87. The summed E-state index contributed by atoms with van der Waals surface area (Å²) in [6, 6.07) is 1.92. The van der Waals surface area contributed by atoms with Crippen molar-refractivity contribution < 1.29 is 0 Å². The standard InChI is InChI=1S/C9H10N2S/c12-9-5-8(10-6-11-9)7-3-1-2-4-7/h3,5-6H,1-2,4H2,(H,10,11,12). The summed E-state index contributed by atoms with van der Waals surface area (Å²) >= 11 is 4.98. The van der Waals surface area contributed by atoms with Crippen molar-refractivity contribution in [1.29, 1.82) is 0 Å². The summed E-state index contributed by atoms with van der Waals surface area (Å²) in [4.78, 5) is 7.05. The van der Waals surface area contributed by atoms with Crippen LogP contribution in [-0.4, -0.2) is 9.97 Å². The topological polar surface area (TPSA) is 28.7 Å². The number of allylic oxidation sites excluding steroid dienone is 2. The van der Waals surface area contributed by atoms with Crippen LogP contribution in [0.5, 0.6) is 0 Å². The Morgan fingerprint density at radius 3 is 3.08 bits per heavy atom. The maximum atomic E-state index is 4.98. The molecule has 0 saturated heterocycles. The fraction of sp³-hybridized carbons (Fsp3) is 0.333. The third-order valence-electron chi connectivity index (χ3n) is 2.07. The Morgan fingerprint density at radius 1 is 1.50 bits per heavy atom. The van der Waals surface area contributed by atoms with Crippen LogP contribution in [0.2, 0.25) is 0 Å². The van der Waals surface area contributed by atoms with E-state index in [0.29, 0.717) is 4.64 Å². The molecule has 0 fully saturated rings. The molecule has 0 aromatic carbocycles. The molecular formula is C9H10N2S. The predicted octanol–water partition coefficient (Wildman–Crippen LogP) is 2.71. The van der Waals surface area contributed by atoms with Crippen LogP contribution < -0.4 is 0 Å². The molecule has 2 rings (SSSR count). The maximum absolute atomic E-state index is 4.98. The average molecular weight is 178 g/mol. The zero-order chi connectivity index (χ0) is 8.39. The number of aromatic amines is 1. The Kier molecular flexibility index (Phi) is 2.04. The van der Waals surface area contributed by atoms with E-state index in [1.807, 2.05) is 6.07 Å². The molecular weight excluding hydrogens is 168 g/mol. The molecule has 62 valence electrons. The maximum Gasteiger partial charge on any atom is 0.129 e. The monoisotopic (exact) mass is 178 g/mol. The van der Waals surface area contributed by atoms with Crippen molar-refractivity contribution in [2.75, 3.05) is 0 Å². The lowest BCUT2D eigenvalue weighted by atomic mass is 10.2. The second-order valence-corrected chi connectivity index (χ2v) is 3.34. The molecule has 3 heteroatoms. The van der Waals surface area contributed by atoms with Gasteiger partial charge in [-0.2, -0.15) is 0 Å². The number of aromatic nitrogens is 2. The van der Waals surface area contributed by atoms with Crippen molar-refractivity contribution in [1.82, 2.24) is 9.97 Å². The van der Waals surface area contributed by atoms with Crippen LogP contribution in [0.25, 0.3) is 5.57 Å². The minimum Gasteiger partial charge on any atom is -0.346 e. The molecule has 0 aliphatic heterocycles. The molecule has 2 nitrogen and oxygen atoms in total. The largest absolute Gasteiger partial charge is 0.346 e. The van der Waals surface area contributed by atoms with Crippen molar-refractivity contribution in [2.24, 2.45) is 0 Å². The summed E-state index contributed by atoms with van der Waals surface area (Å²) in [5.41, 5.74) is 2.51. The van der Waals surface area contributed by atoms with Gasteiger partial charge in [0.2, 0.25) is 0 Å². The van der Waals surface area contributed by atoms with Gasteiger partial charge in [-0.15, -0.1) is 0 Å². The predicted molar refractivity (Wildman–Crippen MR) is 51.2 cm³/mol. The Hall–Kier alpha value is -0.960. The molecule has 0 saturated carbocycles. The van der Waals surface area contributed by atoms with Crippen LogP contribution in [0.15, 0.2) is 18.5 Å². The summed E-state index contributed by atoms with van der Waals surface area (Å²) in [7, 11) is 0. The van der Waals surface area contributed by atoms with Gasteiger partial charge < -0.3 is 4.98 Å². The van der Waals surface area contributed by atoms with E-state index in [1.165, 1.54) is 18.4 Å². The highest BCUT2D eigenvalue weighted by molar-refractivity contribution is 7.71. The van der Waals surface area contributed by atoms with Crippen LogP contribution in [0.1, 0.15) is 25.0 Å². The Bertz CT molecular complexity index is 365. The smallest absolute Gasteiger partial charge is 0.129 e. The summed E-state index contributed by atoms with van der Waals surface area (Å²) in [5, 5.41) is 0. The number of hydrogen-bond acceptors (Lipinski definition) is 2. The summed E-state index contributed by atoms with van der Waals surface area (Å²) in [6.07, 6.45) is 7.54. The molecule has 1 aliphatic rings. The van der Waals surface area contributed by atoms with Crippen molar-refractivity contribution in [3.63, 3.8) is 0 Å². The SMILES string of the molecule is S=c1cc(C2=CCCC2)[nH]cn1. The van der Waals surface area contributed by atoms with Crippen molar-refractivity contribution in [2.45, 2.75) is 19.3 Å². The Balaban J connectivity index is 2.39. The van der Waals surface area contributed by atoms with E-state index in [9.17, 15) is 0 Å². The number of nitrogens with zero attached hydrogens (tertiary/aromatic N) is 1. The van der Waals surface area contributed by atoms with E-state index >= 15 is 0 Å². The number of nitrogens with one attached hydrogen (secondary N) is 1. The third kappa shape index (κ3) is 1.46. The van der Waals surface area contributed by atoms with E-state index in [1.54, 1.807) is 6.33 Å². The van der Waals surface area contributed by atoms with Gasteiger partial charge in [-0.3, -0.25) is 0 Å². The first-order valence-electron chi connectivity index (χ1n) is 4.10. The normalized spacial score (nSPS) is 16.2. The molecule has 0 spiro atoms. The van der Waals surface area contributed by atoms with Gasteiger partial charge in [-0.05, 0) is 30.9 Å². The van der Waals surface area contributed by atoms with E-state index in [4.69, 9.17) is 12.2 Å². The molecule has 12 heavy (non-hydrogen) atoms. The van der Waals surface area contributed by atoms with Gasteiger partial charge in [0.15, 0.2) is 0 Å². The first-order valence-corrected chi connectivity index (χ1v) is 4.51. The fourth-order valence-corrected chi connectivity index (χ4v) is 1.64. The van der Waals surface area contributed by atoms with Gasteiger partial charge in [0, 0.05) is 5.69 Å². The molecule has 0 atom stereocenters. The highest BCUT2D eigenvalue weighted by atomic mass is 32.1.